The molecule has 2 nitrogen and oxygen atoms in total. The molecule has 11 rings (SSSR count). The Balaban J connectivity index is 1.31. The number of para-hydroxylation sites is 3. The number of aryl methyl sites for hydroxylation is 1. The van der Waals surface area contributed by atoms with Crippen molar-refractivity contribution in [1.29, 1.82) is 0 Å². The molecule has 0 radical (unpaired) electrons. The molecule has 0 aromatic heterocycles. The minimum atomic E-state index is -0.472. The number of rotatable bonds is 2. The molecular formula is C46H39BN2. The van der Waals surface area contributed by atoms with Gasteiger partial charge in [-0.25, -0.2) is 0 Å². The molecule has 4 heterocycles. The fourth-order valence-electron chi connectivity index (χ4n) is 11.3. The normalized spacial score (nSPS) is 22.9. The van der Waals surface area contributed by atoms with Crippen molar-refractivity contribution >= 4 is 40.5 Å². The third-order valence-corrected chi connectivity index (χ3v) is 13.5. The van der Waals surface area contributed by atoms with E-state index >= 15 is 0 Å². The largest absolute Gasteiger partial charge is 0.376 e. The van der Waals surface area contributed by atoms with Gasteiger partial charge in [0.25, 0.3) is 0 Å². The molecule has 3 heteroatoms. The SMILES string of the molecule is Cc1cc2c3c(c1)N1c4c(cccc4C4(C)CCCCC14C)B3N1c3ccccc3C(c3ccccc3)(c3ccccc3)c3cccc-2c31. The van der Waals surface area contributed by atoms with Crippen LogP contribution in [0.1, 0.15) is 72.9 Å². The Morgan fingerprint density at radius 1 is 0.571 bits per heavy atom. The predicted octanol–water partition coefficient (Wildman–Crippen LogP) is 9.67. The summed E-state index contributed by atoms with van der Waals surface area (Å²) in [5.41, 5.74) is 19.1. The fraction of sp³-hybridized carbons (Fsp3) is 0.217. The van der Waals surface area contributed by atoms with Gasteiger partial charge in [0.2, 0.25) is 0 Å². The summed E-state index contributed by atoms with van der Waals surface area (Å²) < 4.78 is 0. The summed E-state index contributed by atoms with van der Waals surface area (Å²) in [6, 6.07) is 51.2. The van der Waals surface area contributed by atoms with Crippen molar-refractivity contribution < 1.29 is 0 Å². The van der Waals surface area contributed by atoms with Crippen molar-refractivity contribution in [2.24, 2.45) is 0 Å². The summed E-state index contributed by atoms with van der Waals surface area (Å²) in [6.45, 7) is 7.52. The van der Waals surface area contributed by atoms with Crippen LogP contribution in [0.5, 0.6) is 0 Å². The average molecular weight is 631 g/mol. The molecule has 1 saturated carbocycles. The molecule has 2 unspecified atom stereocenters. The van der Waals surface area contributed by atoms with Gasteiger partial charge in [0.05, 0.1) is 11.0 Å². The predicted molar refractivity (Wildman–Crippen MR) is 205 cm³/mol. The third-order valence-electron chi connectivity index (χ3n) is 13.5. The van der Waals surface area contributed by atoms with Crippen molar-refractivity contribution in [1.82, 2.24) is 0 Å². The Morgan fingerprint density at radius 2 is 1.22 bits per heavy atom. The molecular weight excluding hydrogens is 591 g/mol. The topological polar surface area (TPSA) is 6.48 Å². The smallest absolute Gasteiger partial charge is 0.333 e. The molecule has 2 atom stereocenters. The van der Waals surface area contributed by atoms with Gasteiger partial charge >= 0.3 is 6.85 Å². The standard InChI is InChI=1S/C46H39BN2/c1-30-28-34-33-20-14-23-37-42(33)49(39-25-11-10-21-35(39)46(37,31-16-6-4-7-17-31)32-18-8-5-9-19-32)47-38-24-15-22-36-43(38)48(40(29-30)41(34)47)45(3)27-13-12-26-44(36,45)2/h4-11,14-25,28-29H,12-13,26-27H2,1-3H3. The van der Waals surface area contributed by atoms with E-state index in [4.69, 9.17) is 0 Å². The Labute approximate surface area is 290 Å². The van der Waals surface area contributed by atoms with Crippen molar-refractivity contribution in [3.05, 3.63) is 167 Å². The van der Waals surface area contributed by atoms with Crippen LogP contribution in [0.2, 0.25) is 0 Å². The Morgan fingerprint density at radius 3 is 2.00 bits per heavy atom. The Kier molecular flexibility index (Phi) is 5.33. The first-order valence-corrected chi connectivity index (χ1v) is 18.2. The molecule has 1 aliphatic carbocycles. The maximum Gasteiger partial charge on any atom is 0.333 e. The molecule has 49 heavy (non-hydrogen) atoms. The van der Waals surface area contributed by atoms with Crippen LogP contribution in [-0.4, -0.2) is 12.4 Å². The van der Waals surface area contributed by atoms with Crippen LogP contribution in [0, 0.1) is 6.92 Å². The zero-order valence-electron chi connectivity index (χ0n) is 28.5. The molecule has 1 fully saturated rings. The lowest BCUT2D eigenvalue weighted by Gasteiger charge is -2.55. The van der Waals surface area contributed by atoms with Gasteiger partial charge in [-0.2, -0.15) is 0 Å². The minimum absolute atomic E-state index is 0.0356. The van der Waals surface area contributed by atoms with Gasteiger partial charge in [0.15, 0.2) is 0 Å². The van der Waals surface area contributed by atoms with E-state index in [1.54, 1.807) is 5.56 Å². The highest BCUT2D eigenvalue weighted by molar-refractivity contribution is 6.93. The summed E-state index contributed by atoms with van der Waals surface area (Å²) in [4.78, 5) is 5.59. The van der Waals surface area contributed by atoms with Crippen LogP contribution >= 0.6 is 0 Å². The summed E-state index contributed by atoms with van der Waals surface area (Å²) in [6.07, 6.45) is 5.04. The highest BCUT2D eigenvalue weighted by Gasteiger charge is 2.62. The Bertz CT molecular complexity index is 2320. The first-order valence-electron chi connectivity index (χ1n) is 18.2. The lowest BCUT2D eigenvalue weighted by Crippen LogP contribution is -2.65. The monoisotopic (exact) mass is 630 g/mol. The number of benzene rings is 6. The number of anilines is 4. The number of hydrogen-bond donors (Lipinski definition) is 0. The lowest BCUT2D eigenvalue weighted by molar-refractivity contribution is 0.195. The summed E-state index contributed by atoms with van der Waals surface area (Å²) >= 11 is 0. The number of hydrogen-bond acceptors (Lipinski definition) is 2. The minimum Gasteiger partial charge on any atom is -0.376 e. The second kappa shape index (κ2) is 9.36. The van der Waals surface area contributed by atoms with Crippen LogP contribution in [0.25, 0.3) is 11.1 Å². The Hall–Kier alpha value is -5.02. The summed E-state index contributed by atoms with van der Waals surface area (Å²) in [5, 5.41) is 0. The van der Waals surface area contributed by atoms with Gasteiger partial charge in [-0.05, 0) is 88.7 Å². The molecule has 0 bridgehead atoms. The number of fused-ring (bicyclic) bond motifs is 9. The van der Waals surface area contributed by atoms with Gasteiger partial charge in [-0.1, -0.05) is 141 Å². The van der Waals surface area contributed by atoms with Crippen molar-refractivity contribution in [2.75, 3.05) is 9.71 Å². The van der Waals surface area contributed by atoms with Crippen LogP contribution in [0.3, 0.4) is 0 Å². The fourth-order valence-corrected chi connectivity index (χ4v) is 11.3. The highest BCUT2D eigenvalue weighted by atomic mass is 15.3. The molecule has 0 N–H and O–H groups in total. The van der Waals surface area contributed by atoms with Crippen LogP contribution in [0.15, 0.2) is 133 Å². The maximum absolute atomic E-state index is 2.84. The molecule has 5 aliphatic rings. The van der Waals surface area contributed by atoms with Crippen LogP contribution in [-0.2, 0) is 10.8 Å². The molecule has 0 saturated heterocycles. The van der Waals surface area contributed by atoms with E-state index in [1.807, 2.05) is 0 Å². The van der Waals surface area contributed by atoms with Gasteiger partial charge in [0.1, 0.15) is 0 Å². The van der Waals surface area contributed by atoms with E-state index in [0.29, 0.717) is 0 Å². The van der Waals surface area contributed by atoms with Crippen molar-refractivity contribution in [3.8, 4) is 11.1 Å². The summed E-state index contributed by atoms with van der Waals surface area (Å²) in [5.74, 6) is 0. The molecule has 6 aromatic carbocycles. The van der Waals surface area contributed by atoms with E-state index in [1.165, 1.54) is 98.3 Å². The van der Waals surface area contributed by atoms with E-state index < -0.39 is 5.41 Å². The first-order chi connectivity index (χ1) is 24.0. The summed E-state index contributed by atoms with van der Waals surface area (Å²) in [7, 11) is 0. The number of nitrogens with zero attached hydrogens (tertiary/aromatic N) is 2. The van der Waals surface area contributed by atoms with Crippen LogP contribution in [0.4, 0.5) is 22.7 Å². The van der Waals surface area contributed by atoms with Gasteiger partial charge in [0, 0.05) is 33.7 Å². The second-order valence-corrected chi connectivity index (χ2v) is 15.6. The molecule has 236 valence electrons. The quantitative estimate of drug-likeness (QED) is 0.176. The molecule has 4 aliphatic heterocycles. The molecule has 6 aromatic rings. The lowest BCUT2D eigenvalue weighted by atomic mass is 9.42. The van der Waals surface area contributed by atoms with Crippen LogP contribution < -0.4 is 20.6 Å². The van der Waals surface area contributed by atoms with E-state index in [-0.39, 0.29) is 17.8 Å². The zero-order valence-corrected chi connectivity index (χ0v) is 28.5. The van der Waals surface area contributed by atoms with E-state index in [9.17, 15) is 0 Å². The highest BCUT2D eigenvalue weighted by Crippen LogP contribution is 2.64. The van der Waals surface area contributed by atoms with Gasteiger partial charge < -0.3 is 9.71 Å². The van der Waals surface area contributed by atoms with Gasteiger partial charge in [-0.3, -0.25) is 0 Å². The van der Waals surface area contributed by atoms with Crippen molar-refractivity contribution in [2.45, 2.75) is 62.8 Å². The average Bonchev–Trinajstić information content (AvgIpc) is 3.36. The maximum atomic E-state index is 2.84. The van der Waals surface area contributed by atoms with Crippen molar-refractivity contribution in [3.63, 3.8) is 0 Å². The molecule has 0 spiro atoms. The van der Waals surface area contributed by atoms with E-state index in [0.717, 1.165) is 0 Å². The third kappa shape index (κ3) is 3.13. The first kappa shape index (κ1) is 27.9. The molecule has 0 amide bonds. The second-order valence-electron chi connectivity index (χ2n) is 15.6. The zero-order chi connectivity index (χ0) is 32.7. The van der Waals surface area contributed by atoms with E-state index in [2.05, 4.69) is 164 Å². The van der Waals surface area contributed by atoms with Gasteiger partial charge in [-0.15, -0.1) is 0 Å².